The number of benzene rings is 4. The van der Waals surface area contributed by atoms with Gasteiger partial charge in [0.2, 0.25) is 4.90 Å². The van der Waals surface area contributed by atoms with Crippen molar-refractivity contribution in [2.45, 2.75) is 103 Å². The normalized spacial score (nSPS) is 13.1. The molecule has 0 aliphatic rings. The molecule has 0 N–H and O–H groups in total. The van der Waals surface area contributed by atoms with Crippen LogP contribution < -0.4 is 9.47 Å². The second-order valence-electron chi connectivity index (χ2n) is 15.4. The van der Waals surface area contributed by atoms with Gasteiger partial charge >= 0.3 is 42.8 Å². The van der Waals surface area contributed by atoms with E-state index >= 15 is 0 Å². The summed E-state index contributed by atoms with van der Waals surface area (Å²) in [5.41, 5.74) is -23.4. The van der Waals surface area contributed by atoms with Crippen LogP contribution in [0, 0.1) is 0 Å². The van der Waals surface area contributed by atoms with Gasteiger partial charge in [0.1, 0.15) is 38.0 Å². The van der Waals surface area contributed by atoms with Crippen molar-refractivity contribution >= 4 is 33.0 Å². The zero-order chi connectivity index (χ0) is 51.5. The summed E-state index contributed by atoms with van der Waals surface area (Å²) >= 11 is 0. The first-order valence-corrected chi connectivity index (χ1v) is 21.0. The maximum absolute atomic E-state index is 13.0. The number of alkyl halides is 15. The zero-order valence-corrected chi connectivity index (χ0v) is 36.7. The third-order valence-electron chi connectivity index (χ3n) is 7.76. The van der Waals surface area contributed by atoms with Crippen molar-refractivity contribution in [2.75, 3.05) is 13.2 Å². The molecule has 0 aromatic heterocycles. The Morgan fingerprint density at radius 1 is 0.507 bits per heavy atom. The summed E-state index contributed by atoms with van der Waals surface area (Å²) in [6.07, 6.45) is -35.6. The standard InChI is InChI=1S/C30H35O6S.C11HF15O3S/c1-29(2,3)35-27(31)20-33-22-17-18-26(25(19-22)34-21-28(32)36-30(4,5)6)37(23-13-9-7-10-14-23)24-15-11-8-12-16-24;12-7(13,14)1-2(8(15,16)17)4(10(21,22)23)6(30(27,28)29)5(11(24,25)26)3(1)9(18,19)20/h7-19H,20-21H2,1-6H3;(H,27,28,29)/q+1;/p-1. The summed E-state index contributed by atoms with van der Waals surface area (Å²) in [5.74, 6) is -0.0407. The molecule has 0 fully saturated rings. The van der Waals surface area contributed by atoms with Gasteiger partial charge in [-0.25, -0.2) is 18.0 Å². The second kappa shape index (κ2) is 20.1. The van der Waals surface area contributed by atoms with E-state index in [1.54, 1.807) is 32.9 Å². The third-order valence-corrected chi connectivity index (χ3v) is 10.9. The van der Waals surface area contributed by atoms with Gasteiger partial charge in [0.25, 0.3) is 0 Å². The molecule has 0 aliphatic carbocycles. The maximum Gasteiger partial charge on any atom is 0.418 e. The highest BCUT2D eigenvalue weighted by molar-refractivity contribution is 7.97. The first kappa shape index (κ1) is 56.0. The van der Waals surface area contributed by atoms with Crippen LogP contribution in [0.15, 0.2) is 98.4 Å². The van der Waals surface area contributed by atoms with Gasteiger partial charge in [0, 0.05) is 12.1 Å². The summed E-state index contributed by atoms with van der Waals surface area (Å²) in [7, 11) is -8.03. The Balaban J connectivity index is 0.000000364. The molecule has 4 aromatic rings. The van der Waals surface area contributed by atoms with Gasteiger partial charge in [0.15, 0.2) is 28.8 Å². The molecule has 370 valence electrons. The third kappa shape index (κ3) is 15.6. The summed E-state index contributed by atoms with van der Waals surface area (Å²) in [4.78, 5) is 23.5. The van der Waals surface area contributed by atoms with E-state index in [4.69, 9.17) is 18.9 Å². The van der Waals surface area contributed by atoms with E-state index in [0.29, 0.717) is 11.5 Å². The fraction of sp³-hybridized carbons (Fsp3) is 0.366. The second-order valence-corrected chi connectivity index (χ2v) is 18.7. The smallest absolute Gasteiger partial charge is 0.418 e. The van der Waals surface area contributed by atoms with Crippen molar-refractivity contribution in [1.29, 1.82) is 0 Å². The molecular weight excluding hydrogens is 986 g/mol. The molecule has 4 aromatic carbocycles. The van der Waals surface area contributed by atoms with Gasteiger partial charge < -0.3 is 23.5 Å². The highest BCUT2D eigenvalue weighted by atomic mass is 32.2. The van der Waals surface area contributed by atoms with E-state index in [9.17, 15) is 88.4 Å². The monoisotopic (exact) mass is 1020 g/mol. The largest absolute Gasteiger partial charge is 0.744 e. The Bertz CT molecular complexity index is 2400. The molecule has 0 atom stereocenters. The molecule has 4 rings (SSSR count). The fourth-order valence-electron chi connectivity index (χ4n) is 5.75. The number of carbonyl (C=O) groups excluding carboxylic acids is 2. The minimum absolute atomic E-state index is 0.245. The summed E-state index contributed by atoms with van der Waals surface area (Å²) in [6, 6.07) is 25.6. The van der Waals surface area contributed by atoms with Gasteiger partial charge in [-0.2, -0.15) is 65.9 Å². The highest BCUT2D eigenvalue weighted by Gasteiger charge is 2.61. The lowest BCUT2D eigenvalue weighted by Gasteiger charge is -2.31. The average Bonchev–Trinajstić information content (AvgIpc) is 3.13. The fourth-order valence-corrected chi connectivity index (χ4v) is 8.85. The first-order chi connectivity index (χ1) is 30.1. The molecule has 0 unspecified atom stereocenters. The molecular formula is C41H35F15O9S2. The number of ether oxygens (including phenoxy) is 4. The van der Waals surface area contributed by atoms with E-state index in [0.717, 1.165) is 14.7 Å². The van der Waals surface area contributed by atoms with Crippen LogP contribution in [-0.4, -0.2) is 49.3 Å². The molecule has 9 nitrogen and oxygen atoms in total. The molecule has 0 saturated carbocycles. The molecule has 0 spiro atoms. The van der Waals surface area contributed by atoms with E-state index in [2.05, 4.69) is 24.3 Å². The van der Waals surface area contributed by atoms with Crippen molar-refractivity contribution < 1.29 is 107 Å². The van der Waals surface area contributed by atoms with Crippen molar-refractivity contribution in [2.24, 2.45) is 0 Å². The molecule has 0 heterocycles. The van der Waals surface area contributed by atoms with Crippen LogP contribution >= 0.6 is 0 Å². The van der Waals surface area contributed by atoms with Gasteiger partial charge in [-0.05, 0) is 71.9 Å². The molecule has 0 aliphatic heterocycles. The predicted molar refractivity (Wildman–Crippen MR) is 204 cm³/mol. The van der Waals surface area contributed by atoms with E-state index < -0.39 is 108 Å². The molecule has 0 saturated heterocycles. The van der Waals surface area contributed by atoms with Crippen molar-refractivity contribution in [3.05, 3.63) is 107 Å². The number of carbonyl (C=O) groups is 2. The van der Waals surface area contributed by atoms with Crippen LogP contribution in [0.3, 0.4) is 0 Å². The van der Waals surface area contributed by atoms with Crippen LogP contribution in [-0.2, 0) is 71.0 Å². The van der Waals surface area contributed by atoms with Crippen LogP contribution in [0.4, 0.5) is 65.9 Å². The maximum atomic E-state index is 13.0. The first-order valence-electron chi connectivity index (χ1n) is 18.4. The zero-order valence-electron chi connectivity index (χ0n) is 35.1. The number of halogens is 15. The van der Waals surface area contributed by atoms with Crippen molar-refractivity contribution in [3.8, 4) is 11.5 Å². The lowest BCUT2D eigenvalue weighted by atomic mass is 9.89. The van der Waals surface area contributed by atoms with Crippen molar-refractivity contribution in [3.63, 3.8) is 0 Å². The molecule has 0 amide bonds. The number of hydrogen-bond acceptors (Lipinski definition) is 9. The quantitative estimate of drug-likeness (QED) is 0.0660. The van der Waals surface area contributed by atoms with Crippen LogP contribution in [0.5, 0.6) is 11.5 Å². The van der Waals surface area contributed by atoms with Crippen molar-refractivity contribution in [1.82, 2.24) is 0 Å². The summed E-state index contributed by atoms with van der Waals surface area (Å²) < 4.78 is 250. The molecule has 0 radical (unpaired) electrons. The Labute approximate surface area is 374 Å². The minimum atomic E-state index is -7.52. The Morgan fingerprint density at radius 3 is 1.15 bits per heavy atom. The molecule has 67 heavy (non-hydrogen) atoms. The summed E-state index contributed by atoms with van der Waals surface area (Å²) in [5, 5.41) is 0. The van der Waals surface area contributed by atoms with Crippen LogP contribution in [0.25, 0.3) is 0 Å². The number of rotatable bonds is 10. The lowest BCUT2D eigenvalue weighted by Crippen LogP contribution is -2.34. The van der Waals surface area contributed by atoms with Gasteiger partial charge in [-0.15, -0.1) is 0 Å². The average molecular weight is 1020 g/mol. The van der Waals surface area contributed by atoms with E-state index in [-0.39, 0.29) is 13.2 Å². The number of esters is 2. The van der Waals surface area contributed by atoms with Crippen LogP contribution in [0.1, 0.15) is 69.4 Å². The Kier molecular flexibility index (Phi) is 16.8. The summed E-state index contributed by atoms with van der Waals surface area (Å²) in [6.45, 7) is 10.3. The lowest BCUT2D eigenvalue weighted by molar-refractivity contribution is -0.191. The highest BCUT2D eigenvalue weighted by Crippen LogP contribution is 2.57. The SMILES string of the molecule is CC(C)(C)OC(=O)COc1ccc([S+](c2ccccc2)c2ccccc2)c(OCC(=O)OC(C)(C)C)c1.O=S(=O)([O-])c1c(C(F)(F)F)c(C(F)(F)F)c(C(F)(F)F)c(C(F)(F)F)c1C(F)(F)F. The van der Waals surface area contributed by atoms with Gasteiger partial charge in [0.05, 0.1) is 32.7 Å². The van der Waals surface area contributed by atoms with E-state index in [1.165, 1.54) is 0 Å². The Morgan fingerprint density at radius 2 is 0.836 bits per heavy atom. The van der Waals surface area contributed by atoms with E-state index in [1.807, 2.05) is 63.2 Å². The number of hydrogen-bond donors (Lipinski definition) is 0. The minimum Gasteiger partial charge on any atom is -0.744 e. The predicted octanol–water partition coefficient (Wildman–Crippen LogP) is 11.9. The molecule has 26 heteroatoms. The Hall–Kier alpha value is -5.37. The molecule has 0 bridgehead atoms. The topological polar surface area (TPSA) is 128 Å². The van der Waals surface area contributed by atoms with Gasteiger partial charge in [-0.1, -0.05) is 36.4 Å². The van der Waals surface area contributed by atoms with Crippen LogP contribution in [0.2, 0.25) is 0 Å². The van der Waals surface area contributed by atoms with Gasteiger partial charge in [-0.3, -0.25) is 0 Å².